The van der Waals surface area contributed by atoms with Gasteiger partial charge in [-0.25, -0.2) is 9.48 Å². The normalized spacial score (nSPS) is 10.6. The number of H-pyrrole nitrogens is 1. The van der Waals surface area contributed by atoms with E-state index in [4.69, 9.17) is 4.74 Å². The van der Waals surface area contributed by atoms with Gasteiger partial charge in [-0.15, -0.1) is 5.10 Å². The highest BCUT2D eigenvalue weighted by molar-refractivity contribution is 5.87. The fourth-order valence-electron chi connectivity index (χ4n) is 2.12. The minimum atomic E-state index is -0.438. The van der Waals surface area contributed by atoms with E-state index in [2.05, 4.69) is 20.5 Å². The summed E-state index contributed by atoms with van der Waals surface area (Å²) in [4.78, 5) is 11.6. The predicted molar refractivity (Wildman–Crippen MR) is 79.1 cm³/mol. The lowest BCUT2D eigenvalue weighted by Crippen LogP contribution is -2.05. The minimum Gasteiger partial charge on any atom is -0.461 e. The van der Waals surface area contributed by atoms with Gasteiger partial charge in [0, 0.05) is 5.56 Å². The molecule has 0 saturated carbocycles. The second-order valence-corrected chi connectivity index (χ2v) is 4.64. The molecule has 0 aliphatic rings. The van der Waals surface area contributed by atoms with Crippen molar-refractivity contribution in [3.8, 4) is 11.3 Å². The Morgan fingerprint density at radius 2 is 2.14 bits per heavy atom. The van der Waals surface area contributed by atoms with Crippen molar-refractivity contribution in [2.45, 2.75) is 13.5 Å². The van der Waals surface area contributed by atoms with Crippen molar-refractivity contribution < 1.29 is 9.53 Å². The molecule has 7 heteroatoms. The lowest BCUT2D eigenvalue weighted by molar-refractivity contribution is 0.0519. The predicted octanol–water partition coefficient (Wildman–Crippen LogP) is 1.89. The molecule has 2 heterocycles. The van der Waals surface area contributed by atoms with Crippen molar-refractivity contribution in [2.75, 3.05) is 6.61 Å². The fraction of sp³-hybridized carbons (Fsp3) is 0.200. The van der Waals surface area contributed by atoms with Gasteiger partial charge in [0.2, 0.25) is 0 Å². The number of esters is 1. The van der Waals surface area contributed by atoms with Gasteiger partial charge >= 0.3 is 5.97 Å². The van der Waals surface area contributed by atoms with Crippen LogP contribution in [0.3, 0.4) is 0 Å². The van der Waals surface area contributed by atoms with E-state index in [1.807, 2.05) is 30.3 Å². The molecule has 22 heavy (non-hydrogen) atoms. The standard InChI is InChI=1S/C15H15N5O2/c1-2-22-15(21)13-8-12(17-18-13)10-20-14(9-16-19-20)11-6-4-3-5-7-11/h3-9H,2,10H2,1H3,(H,17,18). The molecular weight excluding hydrogens is 282 g/mol. The molecule has 0 atom stereocenters. The van der Waals surface area contributed by atoms with Crippen LogP contribution in [0.5, 0.6) is 0 Å². The molecular formula is C15H15N5O2. The van der Waals surface area contributed by atoms with Crippen LogP contribution in [0.25, 0.3) is 11.3 Å². The van der Waals surface area contributed by atoms with Crippen LogP contribution in [0.4, 0.5) is 0 Å². The first-order valence-corrected chi connectivity index (χ1v) is 6.93. The second-order valence-electron chi connectivity index (χ2n) is 4.64. The van der Waals surface area contributed by atoms with Crippen LogP contribution in [0, 0.1) is 0 Å². The smallest absolute Gasteiger partial charge is 0.358 e. The summed E-state index contributed by atoms with van der Waals surface area (Å²) in [5.74, 6) is -0.438. The van der Waals surface area contributed by atoms with Crippen molar-refractivity contribution in [3.63, 3.8) is 0 Å². The van der Waals surface area contributed by atoms with Crippen LogP contribution < -0.4 is 0 Å². The number of carbonyl (C=O) groups is 1. The van der Waals surface area contributed by atoms with Crippen LogP contribution in [0.1, 0.15) is 23.1 Å². The lowest BCUT2D eigenvalue weighted by Gasteiger charge is -2.04. The average Bonchev–Trinajstić information content (AvgIpc) is 3.18. The summed E-state index contributed by atoms with van der Waals surface area (Å²) >= 11 is 0. The number of benzene rings is 1. The van der Waals surface area contributed by atoms with E-state index in [-0.39, 0.29) is 5.69 Å². The molecule has 0 radical (unpaired) electrons. The molecule has 0 saturated heterocycles. The number of nitrogens with one attached hydrogen (secondary N) is 1. The third kappa shape index (κ3) is 2.88. The number of hydrogen-bond acceptors (Lipinski definition) is 5. The van der Waals surface area contributed by atoms with Gasteiger partial charge in [-0.3, -0.25) is 5.10 Å². The number of carbonyl (C=O) groups excluding carboxylic acids is 1. The summed E-state index contributed by atoms with van der Waals surface area (Å²) in [7, 11) is 0. The molecule has 0 aliphatic heterocycles. The van der Waals surface area contributed by atoms with E-state index >= 15 is 0 Å². The number of rotatable bonds is 5. The molecule has 0 unspecified atom stereocenters. The Morgan fingerprint density at radius 1 is 1.32 bits per heavy atom. The summed E-state index contributed by atoms with van der Waals surface area (Å²) in [5.41, 5.74) is 2.94. The Hall–Kier alpha value is -2.96. The summed E-state index contributed by atoms with van der Waals surface area (Å²) in [6.07, 6.45) is 1.71. The molecule has 112 valence electrons. The third-order valence-corrected chi connectivity index (χ3v) is 3.12. The van der Waals surface area contributed by atoms with E-state index in [0.717, 1.165) is 17.0 Å². The Morgan fingerprint density at radius 3 is 2.91 bits per heavy atom. The topological polar surface area (TPSA) is 85.7 Å². The molecule has 2 aromatic heterocycles. The van der Waals surface area contributed by atoms with Gasteiger partial charge in [-0.2, -0.15) is 5.10 Å². The number of hydrogen-bond donors (Lipinski definition) is 1. The van der Waals surface area contributed by atoms with E-state index in [1.165, 1.54) is 0 Å². The van der Waals surface area contributed by atoms with E-state index in [1.54, 1.807) is 23.9 Å². The van der Waals surface area contributed by atoms with Crippen LogP contribution in [-0.4, -0.2) is 37.8 Å². The SMILES string of the molecule is CCOC(=O)c1cc(Cn2nncc2-c2ccccc2)[nH]n1. The number of aromatic amines is 1. The van der Waals surface area contributed by atoms with Crippen LogP contribution in [-0.2, 0) is 11.3 Å². The van der Waals surface area contributed by atoms with Crippen molar-refractivity contribution in [3.05, 3.63) is 54.0 Å². The van der Waals surface area contributed by atoms with Crippen molar-refractivity contribution in [1.29, 1.82) is 0 Å². The fourth-order valence-corrected chi connectivity index (χ4v) is 2.12. The van der Waals surface area contributed by atoms with Crippen LogP contribution >= 0.6 is 0 Å². The highest BCUT2D eigenvalue weighted by atomic mass is 16.5. The molecule has 7 nitrogen and oxygen atoms in total. The molecule has 0 spiro atoms. The van der Waals surface area contributed by atoms with Gasteiger partial charge in [0.15, 0.2) is 5.69 Å². The van der Waals surface area contributed by atoms with E-state index < -0.39 is 5.97 Å². The summed E-state index contributed by atoms with van der Waals surface area (Å²) in [5, 5.41) is 14.8. The zero-order chi connectivity index (χ0) is 15.4. The Labute approximate surface area is 126 Å². The maximum atomic E-state index is 11.6. The first-order valence-electron chi connectivity index (χ1n) is 6.93. The van der Waals surface area contributed by atoms with Crippen molar-refractivity contribution in [1.82, 2.24) is 25.2 Å². The molecule has 1 aromatic carbocycles. The third-order valence-electron chi connectivity index (χ3n) is 3.12. The second kappa shape index (κ2) is 6.21. The van der Waals surface area contributed by atoms with Crippen LogP contribution in [0.15, 0.2) is 42.6 Å². The molecule has 0 aliphatic carbocycles. The summed E-state index contributed by atoms with van der Waals surface area (Å²) < 4.78 is 6.66. The van der Waals surface area contributed by atoms with Crippen LogP contribution in [0.2, 0.25) is 0 Å². The van der Waals surface area contributed by atoms with E-state index in [9.17, 15) is 4.79 Å². The molecule has 0 bridgehead atoms. The molecule has 3 aromatic rings. The van der Waals surface area contributed by atoms with E-state index in [0.29, 0.717) is 13.2 Å². The van der Waals surface area contributed by atoms with Gasteiger partial charge in [0.05, 0.1) is 30.7 Å². The highest BCUT2D eigenvalue weighted by Crippen LogP contribution is 2.18. The Kier molecular flexibility index (Phi) is 3.95. The maximum absolute atomic E-state index is 11.6. The number of aromatic nitrogens is 5. The Balaban J connectivity index is 1.80. The average molecular weight is 297 g/mol. The zero-order valence-electron chi connectivity index (χ0n) is 12.1. The minimum absolute atomic E-state index is 0.262. The largest absolute Gasteiger partial charge is 0.461 e. The molecule has 0 fully saturated rings. The van der Waals surface area contributed by atoms with Gasteiger partial charge < -0.3 is 4.74 Å². The summed E-state index contributed by atoms with van der Waals surface area (Å²) in [6.45, 7) is 2.52. The number of ether oxygens (including phenoxy) is 1. The van der Waals surface area contributed by atoms with Gasteiger partial charge in [0.1, 0.15) is 0 Å². The molecule has 1 N–H and O–H groups in total. The molecule has 3 rings (SSSR count). The first-order chi connectivity index (χ1) is 10.8. The van der Waals surface area contributed by atoms with Gasteiger partial charge in [0.25, 0.3) is 0 Å². The first kappa shape index (κ1) is 14.0. The lowest BCUT2D eigenvalue weighted by atomic mass is 10.2. The Bertz CT molecular complexity index is 763. The monoisotopic (exact) mass is 297 g/mol. The maximum Gasteiger partial charge on any atom is 0.358 e. The highest BCUT2D eigenvalue weighted by Gasteiger charge is 2.13. The summed E-state index contributed by atoms with van der Waals surface area (Å²) in [6, 6.07) is 11.5. The number of nitrogens with zero attached hydrogens (tertiary/aromatic N) is 4. The molecule has 0 amide bonds. The van der Waals surface area contributed by atoms with Crippen molar-refractivity contribution >= 4 is 5.97 Å². The van der Waals surface area contributed by atoms with Gasteiger partial charge in [-0.05, 0) is 13.0 Å². The quantitative estimate of drug-likeness (QED) is 0.727. The van der Waals surface area contributed by atoms with Crippen molar-refractivity contribution in [2.24, 2.45) is 0 Å². The zero-order valence-corrected chi connectivity index (χ0v) is 12.1. The van der Waals surface area contributed by atoms with Gasteiger partial charge in [-0.1, -0.05) is 35.5 Å².